The molecule has 0 aliphatic heterocycles. The van der Waals surface area contributed by atoms with Crippen LogP contribution in [0.2, 0.25) is 0 Å². The Bertz CT molecular complexity index is 432. The molecule has 0 bridgehead atoms. The SMILES string of the molecule is CCC(NC(=O)N(CCC(=O)O)C(C)C)c1cccs1. The Labute approximate surface area is 123 Å². The molecule has 5 nitrogen and oxygen atoms in total. The molecule has 1 aromatic heterocycles. The molecule has 1 atom stereocenters. The minimum absolute atomic E-state index is 0.0198. The molecule has 0 aliphatic rings. The van der Waals surface area contributed by atoms with Crippen molar-refractivity contribution in [1.29, 1.82) is 0 Å². The van der Waals surface area contributed by atoms with Crippen LogP contribution in [0.25, 0.3) is 0 Å². The zero-order valence-electron chi connectivity index (χ0n) is 12.1. The maximum absolute atomic E-state index is 12.3. The topological polar surface area (TPSA) is 69.6 Å². The second-order valence-corrected chi connectivity index (χ2v) is 5.84. The third-order valence-electron chi connectivity index (χ3n) is 3.04. The third-order valence-corrected chi connectivity index (χ3v) is 4.03. The van der Waals surface area contributed by atoms with Gasteiger partial charge in [-0.15, -0.1) is 11.3 Å². The number of rotatable bonds is 7. The molecule has 2 N–H and O–H groups in total. The van der Waals surface area contributed by atoms with Gasteiger partial charge in [0.1, 0.15) is 0 Å². The first-order chi connectivity index (χ1) is 9.45. The van der Waals surface area contributed by atoms with Crippen molar-refractivity contribution in [2.45, 2.75) is 45.7 Å². The van der Waals surface area contributed by atoms with E-state index < -0.39 is 5.97 Å². The first kappa shape index (κ1) is 16.5. The average Bonchev–Trinajstić information content (AvgIpc) is 2.88. The van der Waals surface area contributed by atoms with Crippen LogP contribution in [0.4, 0.5) is 4.79 Å². The number of nitrogens with zero attached hydrogens (tertiary/aromatic N) is 1. The van der Waals surface area contributed by atoms with E-state index in [0.717, 1.165) is 11.3 Å². The first-order valence-electron chi connectivity index (χ1n) is 6.78. The van der Waals surface area contributed by atoms with Crippen LogP contribution in [0.5, 0.6) is 0 Å². The zero-order chi connectivity index (χ0) is 15.1. The van der Waals surface area contributed by atoms with Crippen LogP contribution >= 0.6 is 11.3 Å². The molecule has 0 saturated carbocycles. The summed E-state index contributed by atoms with van der Waals surface area (Å²) in [6.07, 6.45) is 0.762. The van der Waals surface area contributed by atoms with Crippen molar-refractivity contribution in [2.24, 2.45) is 0 Å². The van der Waals surface area contributed by atoms with Gasteiger partial charge in [-0.25, -0.2) is 4.79 Å². The van der Waals surface area contributed by atoms with Gasteiger partial charge in [-0.1, -0.05) is 13.0 Å². The lowest BCUT2D eigenvalue weighted by molar-refractivity contribution is -0.137. The molecule has 20 heavy (non-hydrogen) atoms. The van der Waals surface area contributed by atoms with Crippen molar-refractivity contribution < 1.29 is 14.7 Å². The fourth-order valence-electron chi connectivity index (χ4n) is 1.91. The summed E-state index contributed by atoms with van der Waals surface area (Å²) in [6, 6.07) is 3.69. The maximum atomic E-state index is 12.3. The van der Waals surface area contributed by atoms with Gasteiger partial charge in [0.25, 0.3) is 0 Å². The van der Waals surface area contributed by atoms with E-state index in [0.29, 0.717) is 0 Å². The van der Waals surface area contributed by atoms with Gasteiger partial charge in [0.05, 0.1) is 12.5 Å². The van der Waals surface area contributed by atoms with E-state index in [1.807, 2.05) is 38.3 Å². The number of hydrogen-bond donors (Lipinski definition) is 2. The quantitative estimate of drug-likeness (QED) is 0.812. The normalized spacial score (nSPS) is 12.2. The molecular formula is C14H22N2O3S. The molecule has 1 rings (SSSR count). The van der Waals surface area contributed by atoms with Gasteiger partial charge in [-0.3, -0.25) is 4.79 Å². The van der Waals surface area contributed by atoms with E-state index in [2.05, 4.69) is 5.32 Å². The van der Waals surface area contributed by atoms with Crippen LogP contribution in [-0.4, -0.2) is 34.6 Å². The van der Waals surface area contributed by atoms with Gasteiger partial charge in [0.2, 0.25) is 0 Å². The van der Waals surface area contributed by atoms with E-state index in [1.54, 1.807) is 16.2 Å². The van der Waals surface area contributed by atoms with E-state index in [4.69, 9.17) is 5.11 Å². The second-order valence-electron chi connectivity index (χ2n) is 4.86. The monoisotopic (exact) mass is 298 g/mol. The lowest BCUT2D eigenvalue weighted by Gasteiger charge is -2.28. The summed E-state index contributed by atoms with van der Waals surface area (Å²) in [6.45, 7) is 6.00. The molecule has 1 unspecified atom stereocenters. The summed E-state index contributed by atoms with van der Waals surface area (Å²) in [5.74, 6) is -0.895. The van der Waals surface area contributed by atoms with Crippen molar-refractivity contribution in [3.05, 3.63) is 22.4 Å². The van der Waals surface area contributed by atoms with Gasteiger partial charge in [0, 0.05) is 17.5 Å². The maximum Gasteiger partial charge on any atom is 0.318 e. The number of amides is 2. The average molecular weight is 298 g/mol. The van der Waals surface area contributed by atoms with Crippen LogP contribution in [0.3, 0.4) is 0 Å². The van der Waals surface area contributed by atoms with Crippen LogP contribution in [0.1, 0.15) is 44.5 Å². The predicted octanol–water partition coefficient (Wildman–Crippen LogP) is 3.09. The van der Waals surface area contributed by atoms with Crippen LogP contribution < -0.4 is 5.32 Å². The first-order valence-corrected chi connectivity index (χ1v) is 7.66. The van der Waals surface area contributed by atoms with Crippen LogP contribution in [-0.2, 0) is 4.79 Å². The molecule has 0 radical (unpaired) electrons. The molecule has 112 valence electrons. The molecular weight excluding hydrogens is 276 g/mol. The van der Waals surface area contributed by atoms with Crippen molar-refractivity contribution in [3.63, 3.8) is 0 Å². The molecule has 1 heterocycles. The van der Waals surface area contributed by atoms with Gasteiger partial charge >= 0.3 is 12.0 Å². The highest BCUT2D eigenvalue weighted by Gasteiger charge is 2.21. The summed E-state index contributed by atoms with van der Waals surface area (Å²) in [7, 11) is 0. The number of carboxylic acid groups (broad SMARTS) is 1. The number of urea groups is 1. The minimum atomic E-state index is -0.895. The third kappa shape index (κ3) is 4.85. The van der Waals surface area contributed by atoms with Crippen molar-refractivity contribution in [1.82, 2.24) is 10.2 Å². The van der Waals surface area contributed by atoms with Crippen molar-refractivity contribution in [3.8, 4) is 0 Å². The summed E-state index contributed by atoms with van der Waals surface area (Å²) in [5.41, 5.74) is 0. The Kier molecular flexibility index (Phi) is 6.51. The highest BCUT2D eigenvalue weighted by molar-refractivity contribution is 7.10. The zero-order valence-corrected chi connectivity index (χ0v) is 12.9. The van der Waals surface area contributed by atoms with E-state index in [9.17, 15) is 9.59 Å². The van der Waals surface area contributed by atoms with Crippen LogP contribution in [0, 0.1) is 0 Å². The number of carbonyl (C=O) groups excluding carboxylic acids is 1. The fourth-order valence-corrected chi connectivity index (χ4v) is 2.77. The van der Waals surface area contributed by atoms with Crippen molar-refractivity contribution in [2.75, 3.05) is 6.54 Å². The predicted molar refractivity (Wildman–Crippen MR) is 80.0 cm³/mol. The Morgan fingerprint density at radius 3 is 2.60 bits per heavy atom. The van der Waals surface area contributed by atoms with Crippen LogP contribution in [0.15, 0.2) is 17.5 Å². The van der Waals surface area contributed by atoms with E-state index in [1.165, 1.54) is 0 Å². The summed E-state index contributed by atoms with van der Waals surface area (Å²) in [5, 5.41) is 13.7. The molecule has 2 amide bonds. The fraction of sp³-hybridized carbons (Fsp3) is 0.571. The Balaban J connectivity index is 2.67. The summed E-state index contributed by atoms with van der Waals surface area (Å²) in [4.78, 5) is 25.6. The molecule has 0 aromatic carbocycles. The summed E-state index contributed by atoms with van der Waals surface area (Å²) < 4.78 is 0. The van der Waals surface area contributed by atoms with Gasteiger partial charge < -0.3 is 15.3 Å². The molecule has 0 saturated heterocycles. The molecule has 1 aromatic rings. The molecule has 6 heteroatoms. The van der Waals surface area contributed by atoms with Gasteiger partial charge in [-0.05, 0) is 31.7 Å². The van der Waals surface area contributed by atoms with E-state index >= 15 is 0 Å². The number of aliphatic carboxylic acids is 1. The lowest BCUT2D eigenvalue weighted by atomic mass is 10.2. The number of nitrogens with one attached hydrogen (secondary N) is 1. The Hall–Kier alpha value is -1.56. The second kappa shape index (κ2) is 7.89. The summed E-state index contributed by atoms with van der Waals surface area (Å²) >= 11 is 1.61. The Morgan fingerprint density at radius 1 is 1.45 bits per heavy atom. The standard InChI is InChI=1S/C14H22N2O3S/c1-4-11(12-6-5-9-20-12)15-14(19)16(10(2)3)8-7-13(17)18/h5-6,9-11H,4,7-8H2,1-3H3,(H,15,19)(H,17,18). The minimum Gasteiger partial charge on any atom is -0.481 e. The number of hydrogen-bond acceptors (Lipinski definition) is 3. The molecule has 0 aliphatic carbocycles. The largest absolute Gasteiger partial charge is 0.481 e. The number of carbonyl (C=O) groups is 2. The van der Waals surface area contributed by atoms with Gasteiger partial charge in [0.15, 0.2) is 0 Å². The highest BCUT2D eigenvalue weighted by Crippen LogP contribution is 2.22. The van der Waals surface area contributed by atoms with Gasteiger partial charge in [-0.2, -0.15) is 0 Å². The molecule has 0 fully saturated rings. The lowest BCUT2D eigenvalue weighted by Crippen LogP contribution is -2.45. The molecule has 0 spiro atoms. The van der Waals surface area contributed by atoms with Crippen molar-refractivity contribution >= 4 is 23.3 Å². The smallest absolute Gasteiger partial charge is 0.318 e. The van der Waals surface area contributed by atoms with E-state index in [-0.39, 0.29) is 31.1 Å². The Morgan fingerprint density at radius 2 is 2.15 bits per heavy atom. The number of thiophene rings is 1. The number of carboxylic acids is 1. The highest BCUT2D eigenvalue weighted by atomic mass is 32.1.